The molecule has 0 aliphatic heterocycles. The number of unbranched alkanes of at least 4 members (excludes halogenated alkanes) is 8. The van der Waals surface area contributed by atoms with Crippen LogP contribution in [0.25, 0.3) is 0 Å². The average molecular weight is 726 g/mol. The van der Waals surface area contributed by atoms with Gasteiger partial charge in [0.1, 0.15) is 0 Å². The van der Waals surface area contributed by atoms with Gasteiger partial charge in [-0.15, -0.1) is 69.6 Å². The highest BCUT2D eigenvalue weighted by molar-refractivity contribution is 6.70. The number of hydrogen-bond donors (Lipinski definition) is 0. The lowest BCUT2D eigenvalue weighted by Gasteiger charge is -2.50. The van der Waals surface area contributed by atoms with Crippen molar-refractivity contribution in [3.8, 4) is 0 Å². The standard InChI is InChI=1S/C29H56Cl6O5Si/c1-26(2)29(35,41(3)4)27(36-21-16-30,37-22-17-31)14-12-10-8-6-5-7-9-11-13-15-28(38-23-18-32,39-24-19-33)40-25-20-34/h26,41H,5-25H2,1-4H3. The highest BCUT2D eigenvalue weighted by atomic mass is 35.5. The molecule has 0 spiro atoms. The summed E-state index contributed by atoms with van der Waals surface area (Å²) in [5.74, 6) is 0.112. The summed E-state index contributed by atoms with van der Waals surface area (Å²) in [5, 5.41) is 0. The first-order valence-corrected chi connectivity index (χ1v) is 21.3. The van der Waals surface area contributed by atoms with Gasteiger partial charge in [0.15, 0.2) is 5.79 Å². The van der Waals surface area contributed by atoms with E-state index >= 15 is 0 Å². The molecule has 1 atom stereocenters. The topological polar surface area (TPSA) is 46.2 Å². The van der Waals surface area contributed by atoms with Gasteiger partial charge < -0.3 is 23.7 Å². The van der Waals surface area contributed by atoms with Crippen molar-refractivity contribution in [3.63, 3.8) is 0 Å². The molecule has 0 aliphatic carbocycles. The van der Waals surface area contributed by atoms with Crippen LogP contribution in [0.1, 0.15) is 84.5 Å². The normalized spacial score (nSPS) is 14.3. The fourth-order valence-electron chi connectivity index (χ4n) is 5.41. The lowest BCUT2D eigenvalue weighted by Crippen LogP contribution is -2.63. The summed E-state index contributed by atoms with van der Waals surface area (Å²) in [6.07, 6.45) is 11.4. The van der Waals surface area contributed by atoms with Crippen LogP contribution in [0.2, 0.25) is 13.1 Å². The predicted octanol–water partition coefficient (Wildman–Crippen LogP) is 9.56. The summed E-state index contributed by atoms with van der Waals surface area (Å²) in [6.45, 7) is 10.7. The molecule has 0 amide bonds. The molecule has 12 heteroatoms. The van der Waals surface area contributed by atoms with Crippen LogP contribution in [0, 0.1) is 5.92 Å². The van der Waals surface area contributed by atoms with Crippen LogP contribution in [0.3, 0.4) is 0 Å². The monoisotopic (exact) mass is 722 g/mol. The molecule has 0 saturated heterocycles. The maximum absolute atomic E-state index is 7.41. The summed E-state index contributed by atoms with van der Waals surface area (Å²) >= 11 is 37.0. The van der Waals surface area contributed by atoms with Gasteiger partial charge >= 0.3 is 0 Å². The third-order valence-corrected chi connectivity index (χ3v) is 12.9. The van der Waals surface area contributed by atoms with Gasteiger partial charge in [0.2, 0.25) is 0 Å². The Bertz CT molecular complexity index is 568. The SMILES string of the molecule is CC(C)C(Cl)([SiH](C)C)C(CCCCCCCCCCCC(OCCCl)(OCCCl)OCCCl)(OCCCl)OCCCl. The Labute approximate surface area is 282 Å². The number of halogens is 6. The molecule has 0 heterocycles. The second-order valence-electron chi connectivity index (χ2n) is 10.9. The van der Waals surface area contributed by atoms with Crippen molar-refractivity contribution in [2.75, 3.05) is 62.4 Å². The molecule has 0 N–H and O–H groups in total. The molecule has 0 saturated carbocycles. The first kappa shape index (κ1) is 42.8. The molecule has 1 unspecified atom stereocenters. The number of hydrogen-bond acceptors (Lipinski definition) is 5. The molecule has 248 valence electrons. The molecule has 0 radical (unpaired) electrons. The second-order valence-corrected chi connectivity index (χ2v) is 17.0. The van der Waals surface area contributed by atoms with E-state index in [0.717, 1.165) is 38.5 Å². The fourth-order valence-corrected chi connectivity index (χ4v) is 8.53. The zero-order valence-electron chi connectivity index (χ0n) is 25.8. The van der Waals surface area contributed by atoms with Gasteiger partial charge in [0, 0.05) is 42.2 Å². The van der Waals surface area contributed by atoms with Gasteiger partial charge in [-0.1, -0.05) is 71.9 Å². The summed E-state index contributed by atoms with van der Waals surface area (Å²) < 4.78 is 29.8. The van der Waals surface area contributed by atoms with Crippen molar-refractivity contribution in [1.29, 1.82) is 0 Å². The Kier molecular flexibility index (Phi) is 27.0. The summed E-state index contributed by atoms with van der Waals surface area (Å²) in [5.41, 5.74) is 0. The number of ether oxygens (including phenoxy) is 5. The van der Waals surface area contributed by atoms with E-state index in [1.54, 1.807) is 0 Å². The minimum absolute atomic E-state index is 0.206. The van der Waals surface area contributed by atoms with Crippen LogP contribution < -0.4 is 0 Å². The maximum atomic E-state index is 7.41. The molecule has 0 aliphatic rings. The van der Waals surface area contributed by atoms with Gasteiger partial charge in [-0.05, 0) is 18.8 Å². The van der Waals surface area contributed by atoms with Crippen molar-refractivity contribution in [3.05, 3.63) is 0 Å². The average Bonchev–Trinajstić information content (AvgIpc) is 2.96. The van der Waals surface area contributed by atoms with Gasteiger partial charge in [0.05, 0.1) is 46.3 Å². The fraction of sp³-hybridized carbons (Fsp3) is 1.00. The van der Waals surface area contributed by atoms with Gasteiger partial charge in [0.25, 0.3) is 5.97 Å². The molecule has 0 bridgehead atoms. The van der Waals surface area contributed by atoms with E-state index in [1.165, 1.54) is 25.7 Å². The Balaban J connectivity index is 4.67. The third-order valence-electron chi connectivity index (χ3n) is 7.28. The molecule has 0 aromatic rings. The van der Waals surface area contributed by atoms with Gasteiger partial charge in [-0.25, -0.2) is 0 Å². The van der Waals surface area contributed by atoms with Crippen LogP contribution in [0.15, 0.2) is 0 Å². The van der Waals surface area contributed by atoms with Crippen molar-refractivity contribution in [1.82, 2.24) is 0 Å². The first-order chi connectivity index (χ1) is 19.6. The van der Waals surface area contributed by atoms with Crippen molar-refractivity contribution in [2.24, 2.45) is 5.92 Å². The zero-order valence-corrected chi connectivity index (χ0v) is 31.5. The van der Waals surface area contributed by atoms with Crippen molar-refractivity contribution < 1.29 is 23.7 Å². The minimum Gasteiger partial charge on any atom is -0.347 e. The van der Waals surface area contributed by atoms with E-state index in [0.29, 0.717) is 68.9 Å². The molecular weight excluding hydrogens is 669 g/mol. The van der Waals surface area contributed by atoms with E-state index in [4.69, 9.17) is 93.3 Å². The zero-order chi connectivity index (χ0) is 31.0. The molecule has 41 heavy (non-hydrogen) atoms. The van der Waals surface area contributed by atoms with Crippen LogP contribution in [-0.4, -0.2) is 87.5 Å². The highest BCUT2D eigenvalue weighted by Gasteiger charge is 2.56. The Morgan fingerprint density at radius 3 is 1.15 bits per heavy atom. The predicted molar refractivity (Wildman–Crippen MR) is 182 cm³/mol. The van der Waals surface area contributed by atoms with Crippen molar-refractivity contribution >= 4 is 78.4 Å². The molecular formula is C29H56Cl6O5Si. The number of rotatable bonds is 30. The molecule has 0 aromatic carbocycles. The minimum atomic E-state index is -1.39. The van der Waals surface area contributed by atoms with Gasteiger partial charge in [-0.3, -0.25) is 0 Å². The maximum Gasteiger partial charge on any atom is 0.282 e. The highest BCUT2D eigenvalue weighted by Crippen LogP contribution is 2.45. The van der Waals surface area contributed by atoms with Crippen molar-refractivity contribution in [2.45, 2.75) is 114 Å². The second kappa shape index (κ2) is 25.9. The molecule has 0 fully saturated rings. The Hall–Kier alpha value is 1.76. The quantitative estimate of drug-likeness (QED) is 0.0320. The number of alkyl halides is 6. The summed E-state index contributed by atoms with van der Waals surface area (Å²) in [7, 11) is -1.39. The van der Waals surface area contributed by atoms with Crippen LogP contribution in [0.4, 0.5) is 0 Å². The Morgan fingerprint density at radius 2 is 0.829 bits per heavy atom. The summed E-state index contributed by atoms with van der Waals surface area (Å²) in [4.78, 5) is 0. The summed E-state index contributed by atoms with van der Waals surface area (Å²) in [6, 6.07) is 0. The lowest BCUT2D eigenvalue weighted by atomic mass is 9.94. The largest absolute Gasteiger partial charge is 0.347 e. The third kappa shape index (κ3) is 16.2. The molecule has 0 rings (SSSR count). The Morgan fingerprint density at radius 1 is 0.512 bits per heavy atom. The smallest absolute Gasteiger partial charge is 0.282 e. The first-order valence-electron chi connectivity index (χ1n) is 15.3. The lowest BCUT2D eigenvalue weighted by molar-refractivity contribution is -0.379. The van der Waals surface area contributed by atoms with E-state index in [9.17, 15) is 0 Å². The van der Waals surface area contributed by atoms with E-state index in [1.807, 2.05) is 0 Å². The van der Waals surface area contributed by atoms with Gasteiger partial charge in [-0.2, -0.15) is 0 Å². The van der Waals surface area contributed by atoms with Crippen LogP contribution >= 0.6 is 69.6 Å². The molecule has 0 aromatic heterocycles. The van der Waals surface area contributed by atoms with E-state index < -0.39 is 25.1 Å². The van der Waals surface area contributed by atoms with E-state index in [2.05, 4.69) is 26.9 Å². The van der Waals surface area contributed by atoms with E-state index in [-0.39, 0.29) is 5.92 Å². The van der Waals surface area contributed by atoms with Crippen LogP contribution in [-0.2, 0) is 23.7 Å². The van der Waals surface area contributed by atoms with Crippen LogP contribution in [0.5, 0.6) is 0 Å². The molecule has 5 nitrogen and oxygen atoms in total.